The third kappa shape index (κ3) is 4.41. The molecule has 0 aliphatic carbocycles. The van der Waals surface area contributed by atoms with Crippen molar-refractivity contribution in [3.8, 4) is 0 Å². The number of nitrogens with one attached hydrogen (secondary N) is 2. The first-order chi connectivity index (χ1) is 9.11. The molecule has 1 heterocycles. The number of hydrogen-bond acceptors (Lipinski definition) is 3. The Morgan fingerprint density at radius 3 is 2.40 bits per heavy atom. The van der Waals surface area contributed by atoms with Crippen LogP contribution in [0.15, 0.2) is 0 Å². The van der Waals surface area contributed by atoms with Crippen LogP contribution in [0, 0.1) is 13.8 Å². The molecular formula is C11H13F3N2O3S. The molecule has 0 fully saturated rings. The van der Waals surface area contributed by atoms with Crippen molar-refractivity contribution in [2.75, 3.05) is 11.9 Å². The van der Waals surface area contributed by atoms with E-state index < -0.39 is 31.1 Å². The molecular weight excluding hydrogens is 297 g/mol. The van der Waals surface area contributed by atoms with Gasteiger partial charge in [-0.3, -0.25) is 5.32 Å². The second-order valence-corrected chi connectivity index (χ2v) is 5.26. The van der Waals surface area contributed by atoms with Crippen molar-refractivity contribution in [3.63, 3.8) is 0 Å². The maximum absolute atomic E-state index is 11.9. The zero-order valence-electron chi connectivity index (χ0n) is 10.7. The zero-order chi connectivity index (χ0) is 15.5. The van der Waals surface area contributed by atoms with Crippen LogP contribution in [0.25, 0.3) is 0 Å². The van der Waals surface area contributed by atoms with E-state index in [9.17, 15) is 22.8 Å². The average molecular weight is 310 g/mol. The third-order valence-corrected chi connectivity index (χ3v) is 3.64. The predicted molar refractivity (Wildman–Crippen MR) is 68.4 cm³/mol. The third-order valence-electron chi connectivity index (χ3n) is 2.52. The highest BCUT2D eigenvalue weighted by Gasteiger charge is 2.27. The number of hydrogen-bond donors (Lipinski definition) is 3. The molecule has 0 aliphatic heterocycles. The topological polar surface area (TPSA) is 78.4 Å². The standard InChI is InChI=1S/C11H13F3N2O3S/c1-5-6(2)20-8(7(5)9(17)18)16-10(19)15-4-3-11(12,13)14/h3-4H2,1-2H3,(H,17,18)(H2,15,16,19). The molecule has 0 aliphatic rings. The van der Waals surface area contributed by atoms with E-state index in [1.165, 1.54) is 0 Å². The monoisotopic (exact) mass is 310 g/mol. The lowest BCUT2D eigenvalue weighted by molar-refractivity contribution is -0.132. The minimum Gasteiger partial charge on any atom is -0.478 e. The van der Waals surface area contributed by atoms with Crippen molar-refractivity contribution >= 4 is 28.3 Å². The number of aryl methyl sites for hydroxylation is 1. The number of carboxylic acid groups (broad SMARTS) is 1. The summed E-state index contributed by atoms with van der Waals surface area (Å²) < 4.78 is 35.7. The fourth-order valence-corrected chi connectivity index (χ4v) is 2.49. The van der Waals surface area contributed by atoms with Gasteiger partial charge in [-0.15, -0.1) is 11.3 Å². The molecule has 20 heavy (non-hydrogen) atoms. The number of carbonyl (C=O) groups excluding carboxylic acids is 1. The van der Waals surface area contributed by atoms with Gasteiger partial charge < -0.3 is 10.4 Å². The van der Waals surface area contributed by atoms with Gasteiger partial charge in [-0.1, -0.05) is 0 Å². The minimum atomic E-state index is -4.35. The van der Waals surface area contributed by atoms with Gasteiger partial charge in [0.25, 0.3) is 0 Å². The number of amides is 2. The zero-order valence-corrected chi connectivity index (χ0v) is 11.5. The number of rotatable bonds is 4. The summed E-state index contributed by atoms with van der Waals surface area (Å²) in [6.45, 7) is 2.72. The minimum absolute atomic E-state index is 0.0431. The van der Waals surface area contributed by atoms with Crippen LogP contribution in [0.4, 0.5) is 23.0 Å². The highest BCUT2D eigenvalue weighted by molar-refractivity contribution is 7.16. The van der Waals surface area contributed by atoms with Gasteiger partial charge in [0.15, 0.2) is 0 Å². The summed E-state index contributed by atoms with van der Waals surface area (Å²) in [5, 5.41) is 13.4. The summed E-state index contributed by atoms with van der Waals surface area (Å²) in [6, 6.07) is -0.863. The van der Waals surface area contributed by atoms with E-state index in [2.05, 4.69) is 5.32 Å². The van der Waals surface area contributed by atoms with Gasteiger partial charge in [-0.05, 0) is 19.4 Å². The van der Waals surface area contributed by atoms with E-state index >= 15 is 0 Å². The Kier molecular flexibility index (Phi) is 4.98. The molecule has 0 unspecified atom stereocenters. The average Bonchev–Trinajstić information content (AvgIpc) is 2.52. The number of halogens is 3. The predicted octanol–water partition coefficient (Wildman–Crippen LogP) is 3.14. The van der Waals surface area contributed by atoms with Crippen LogP contribution in [0.3, 0.4) is 0 Å². The molecule has 9 heteroatoms. The Morgan fingerprint density at radius 2 is 1.90 bits per heavy atom. The van der Waals surface area contributed by atoms with Crippen LogP contribution in [0.1, 0.15) is 27.2 Å². The smallest absolute Gasteiger partial charge is 0.390 e. The van der Waals surface area contributed by atoms with E-state index in [1.54, 1.807) is 13.8 Å². The maximum Gasteiger partial charge on any atom is 0.390 e. The summed E-state index contributed by atoms with van der Waals surface area (Å²) in [5.74, 6) is -1.20. The van der Waals surface area contributed by atoms with E-state index in [1.807, 2.05) is 5.32 Å². The fourth-order valence-electron chi connectivity index (χ4n) is 1.44. The molecule has 0 saturated heterocycles. The van der Waals surface area contributed by atoms with E-state index in [4.69, 9.17) is 5.11 Å². The number of alkyl halides is 3. The van der Waals surface area contributed by atoms with Crippen LogP contribution in [0.5, 0.6) is 0 Å². The summed E-state index contributed by atoms with van der Waals surface area (Å²) in [7, 11) is 0. The quantitative estimate of drug-likeness (QED) is 0.799. The summed E-state index contributed by atoms with van der Waals surface area (Å²) in [5.41, 5.74) is 0.478. The first-order valence-electron chi connectivity index (χ1n) is 5.56. The van der Waals surface area contributed by atoms with Crippen molar-refractivity contribution in [1.29, 1.82) is 0 Å². The first-order valence-corrected chi connectivity index (χ1v) is 6.38. The molecule has 1 rings (SSSR count). The number of carbonyl (C=O) groups is 2. The maximum atomic E-state index is 11.9. The van der Waals surface area contributed by atoms with Crippen LogP contribution < -0.4 is 10.6 Å². The Hall–Kier alpha value is -1.77. The Bertz CT molecular complexity index is 526. The molecule has 1 aromatic heterocycles. The van der Waals surface area contributed by atoms with Crippen molar-refractivity contribution < 1.29 is 27.9 Å². The van der Waals surface area contributed by atoms with Gasteiger partial charge in [0, 0.05) is 11.4 Å². The Morgan fingerprint density at radius 1 is 1.30 bits per heavy atom. The second-order valence-electron chi connectivity index (χ2n) is 4.04. The van der Waals surface area contributed by atoms with E-state index in [0.717, 1.165) is 11.3 Å². The molecule has 2 amide bonds. The SMILES string of the molecule is Cc1sc(NC(=O)NCCC(F)(F)F)c(C(=O)O)c1C. The lowest BCUT2D eigenvalue weighted by Gasteiger charge is -2.08. The lowest BCUT2D eigenvalue weighted by Crippen LogP contribution is -2.32. The van der Waals surface area contributed by atoms with E-state index in [0.29, 0.717) is 10.4 Å². The summed E-state index contributed by atoms with van der Waals surface area (Å²) in [6.07, 6.45) is -5.50. The molecule has 3 N–H and O–H groups in total. The van der Waals surface area contributed by atoms with Crippen molar-refractivity contribution in [2.24, 2.45) is 0 Å². The number of urea groups is 1. The van der Waals surface area contributed by atoms with Crippen molar-refractivity contribution in [2.45, 2.75) is 26.4 Å². The highest BCUT2D eigenvalue weighted by atomic mass is 32.1. The largest absolute Gasteiger partial charge is 0.478 e. The molecule has 0 radical (unpaired) electrons. The molecule has 112 valence electrons. The van der Waals surface area contributed by atoms with Crippen LogP contribution in [-0.2, 0) is 0 Å². The van der Waals surface area contributed by atoms with E-state index in [-0.39, 0.29) is 10.6 Å². The van der Waals surface area contributed by atoms with Crippen molar-refractivity contribution in [3.05, 3.63) is 16.0 Å². The molecule has 0 bridgehead atoms. The number of anilines is 1. The molecule has 1 aromatic rings. The molecule has 5 nitrogen and oxygen atoms in total. The van der Waals surface area contributed by atoms with Crippen LogP contribution in [-0.4, -0.2) is 29.8 Å². The van der Waals surface area contributed by atoms with Gasteiger partial charge in [-0.2, -0.15) is 13.2 Å². The first kappa shape index (κ1) is 16.3. The van der Waals surface area contributed by atoms with Gasteiger partial charge in [0.2, 0.25) is 0 Å². The fraction of sp³-hybridized carbons (Fsp3) is 0.455. The molecule has 0 saturated carbocycles. The van der Waals surface area contributed by atoms with Gasteiger partial charge >= 0.3 is 18.2 Å². The number of carboxylic acids is 1. The van der Waals surface area contributed by atoms with Crippen LogP contribution >= 0.6 is 11.3 Å². The Balaban J connectivity index is 2.67. The van der Waals surface area contributed by atoms with Gasteiger partial charge in [0.05, 0.1) is 12.0 Å². The summed E-state index contributed by atoms with van der Waals surface area (Å²) in [4.78, 5) is 23.2. The van der Waals surface area contributed by atoms with Gasteiger partial charge in [0.1, 0.15) is 5.00 Å². The Labute approximate surface area is 116 Å². The molecule has 0 spiro atoms. The van der Waals surface area contributed by atoms with Crippen LogP contribution in [0.2, 0.25) is 0 Å². The molecule has 0 atom stereocenters. The summed E-state index contributed by atoms with van der Waals surface area (Å²) >= 11 is 1.06. The normalized spacial score (nSPS) is 11.2. The van der Waals surface area contributed by atoms with Crippen molar-refractivity contribution in [1.82, 2.24) is 5.32 Å². The second kappa shape index (κ2) is 6.12. The van der Waals surface area contributed by atoms with Gasteiger partial charge in [-0.25, -0.2) is 9.59 Å². The lowest BCUT2D eigenvalue weighted by atomic mass is 10.1. The number of aromatic carboxylic acids is 1. The highest BCUT2D eigenvalue weighted by Crippen LogP contribution is 2.32. The number of thiophene rings is 1. The molecule has 0 aromatic carbocycles.